The van der Waals surface area contributed by atoms with Crippen LogP contribution in [0.25, 0.3) is 0 Å². The molecule has 94 valence electrons. The Balaban J connectivity index is 2.12. The van der Waals surface area contributed by atoms with Crippen LogP contribution in [0.15, 0.2) is 18.2 Å². The SMILES string of the molecule is CC1CCCC(Oc2c(Cl)cccc2CCl)C1. The number of hydrogen-bond donors (Lipinski definition) is 0. The molecule has 2 atom stereocenters. The van der Waals surface area contributed by atoms with Crippen molar-refractivity contribution in [2.45, 2.75) is 44.6 Å². The number of halogens is 2. The molecule has 1 aromatic rings. The van der Waals surface area contributed by atoms with Gasteiger partial charge in [0.25, 0.3) is 0 Å². The lowest BCUT2D eigenvalue weighted by atomic mass is 9.88. The van der Waals surface area contributed by atoms with E-state index in [-0.39, 0.29) is 0 Å². The average molecular weight is 273 g/mol. The summed E-state index contributed by atoms with van der Waals surface area (Å²) >= 11 is 12.1. The number of hydrogen-bond acceptors (Lipinski definition) is 1. The van der Waals surface area contributed by atoms with Crippen molar-refractivity contribution < 1.29 is 4.74 Å². The monoisotopic (exact) mass is 272 g/mol. The molecule has 17 heavy (non-hydrogen) atoms. The van der Waals surface area contributed by atoms with Crippen molar-refractivity contribution in [1.29, 1.82) is 0 Å². The molecule has 0 aromatic heterocycles. The lowest BCUT2D eigenvalue weighted by Crippen LogP contribution is -2.24. The summed E-state index contributed by atoms with van der Waals surface area (Å²) in [5, 5.41) is 0.668. The Hall–Kier alpha value is -0.400. The molecule has 0 aliphatic heterocycles. The minimum Gasteiger partial charge on any atom is -0.489 e. The van der Waals surface area contributed by atoms with Gasteiger partial charge in [-0.3, -0.25) is 0 Å². The van der Waals surface area contributed by atoms with E-state index in [1.807, 2.05) is 18.2 Å². The minimum atomic E-state index is 0.292. The maximum Gasteiger partial charge on any atom is 0.142 e. The van der Waals surface area contributed by atoms with Crippen molar-refractivity contribution in [2.75, 3.05) is 0 Å². The van der Waals surface area contributed by atoms with E-state index in [9.17, 15) is 0 Å². The van der Waals surface area contributed by atoms with Gasteiger partial charge in [-0.1, -0.05) is 37.1 Å². The van der Waals surface area contributed by atoms with Crippen LogP contribution >= 0.6 is 23.2 Å². The Morgan fingerprint density at radius 2 is 2.18 bits per heavy atom. The van der Waals surface area contributed by atoms with Gasteiger partial charge >= 0.3 is 0 Å². The van der Waals surface area contributed by atoms with Gasteiger partial charge in [-0.15, -0.1) is 11.6 Å². The van der Waals surface area contributed by atoms with Crippen molar-refractivity contribution in [3.8, 4) is 5.75 Å². The molecule has 1 aliphatic carbocycles. The highest BCUT2D eigenvalue weighted by molar-refractivity contribution is 6.32. The summed E-state index contributed by atoms with van der Waals surface area (Å²) in [5.41, 5.74) is 0.984. The number of benzene rings is 1. The number of rotatable bonds is 3. The van der Waals surface area contributed by atoms with Crippen LogP contribution in [-0.4, -0.2) is 6.10 Å². The van der Waals surface area contributed by atoms with E-state index in [4.69, 9.17) is 27.9 Å². The second-order valence-corrected chi connectivity index (χ2v) is 5.55. The first-order valence-corrected chi connectivity index (χ1v) is 7.12. The van der Waals surface area contributed by atoms with E-state index in [2.05, 4.69) is 6.92 Å². The van der Waals surface area contributed by atoms with Crippen LogP contribution in [0.4, 0.5) is 0 Å². The predicted octanol–water partition coefficient (Wildman–Crippen LogP) is 5.04. The Kier molecular flexibility index (Phi) is 4.58. The van der Waals surface area contributed by atoms with Crippen LogP contribution < -0.4 is 4.74 Å². The van der Waals surface area contributed by atoms with Crippen molar-refractivity contribution >= 4 is 23.2 Å². The lowest BCUT2D eigenvalue weighted by molar-refractivity contribution is 0.128. The van der Waals surface area contributed by atoms with Gasteiger partial charge in [-0.2, -0.15) is 0 Å². The molecule has 0 N–H and O–H groups in total. The molecular formula is C14H18Cl2O. The van der Waals surface area contributed by atoms with Crippen LogP contribution in [0, 0.1) is 5.92 Å². The zero-order valence-corrected chi connectivity index (χ0v) is 11.6. The molecular weight excluding hydrogens is 255 g/mol. The fraction of sp³-hybridized carbons (Fsp3) is 0.571. The first-order valence-electron chi connectivity index (χ1n) is 6.20. The Morgan fingerprint density at radius 3 is 2.88 bits per heavy atom. The van der Waals surface area contributed by atoms with Crippen molar-refractivity contribution in [2.24, 2.45) is 5.92 Å². The van der Waals surface area contributed by atoms with E-state index in [1.165, 1.54) is 12.8 Å². The molecule has 1 fully saturated rings. The van der Waals surface area contributed by atoms with Crippen LogP contribution in [0.2, 0.25) is 5.02 Å². The quantitative estimate of drug-likeness (QED) is 0.701. The second kappa shape index (κ2) is 5.97. The third-order valence-electron chi connectivity index (χ3n) is 3.37. The van der Waals surface area contributed by atoms with Crippen molar-refractivity contribution in [3.05, 3.63) is 28.8 Å². The second-order valence-electron chi connectivity index (χ2n) is 4.87. The highest BCUT2D eigenvalue weighted by atomic mass is 35.5. The van der Waals surface area contributed by atoms with Gasteiger partial charge in [-0.25, -0.2) is 0 Å². The average Bonchev–Trinajstić information content (AvgIpc) is 2.32. The first kappa shape index (κ1) is 13.0. The van der Waals surface area contributed by atoms with Crippen LogP contribution in [-0.2, 0) is 5.88 Å². The molecule has 0 heterocycles. The maximum atomic E-state index is 6.18. The van der Waals surface area contributed by atoms with Crippen molar-refractivity contribution in [1.82, 2.24) is 0 Å². The van der Waals surface area contributed by atoms with Crippen LogP contribution in [0.5, 0.6) is 5.75 Å². The molecule has 1 nitrogen and oxygen atoms in total. The van der Waals surface area contributed by atoms with E-state index in [0.29, 0.717) is 17.0 Å². The number of para-hydroxylation sites is 1. The highest BCUT2D eigenvalue weighted by Gasteiger charge is 2.22. The summed E-state index contributed by atoms with van der Waals surface area (Å²) in [6, 6.07) is 5.75. The molecule has 0 spiro atoms. The molecule has 0 amide bonds. The van der Waals surface area contributed by atoms with E-state index < -0.39 is 0 Å². The standard InChI is InChI=1S/C14H18Cl2O/c1-10-4-2-6-12(8-10)17-14-11(9-15)5-3-7-13(14)16/h3,5,7,10,12H,2,4,6,8-9H2,1H3. The van der Waals surface area contributed by atoms with E-state index in [1.54, 1.807) is 0 Å². The van der Waals surface area contributed by atoms with Crippen LogP contribution in [0.3, 0.4) is 0 Å². The summed E-state index contributed by atoms with van der Waals surface area (Å²) in [6.45, 7) is 2.28. The lowest BCUT2D eigenvalue weighted by Gasteiger charge is -2.28. The van der Waals surface area contributed by atoms with E-state index in [0.717, 1.165) is 30.1 Å². The Labute approximate surface area is 113 Å². The Bertz CT molecular complexity index is 378. The molecule has 0 bridgehead atoms. The zero-order chi connectivity index (χ0) is 12.3. The third-order valence-corrected chi connectivity index (χ3v) is 3.95. The van der Waals surface area contributed by atoms with Gasteiger partial charge in [-0.05, 0) is 31.2 Å². The summed E-state index contributed by atoms with van der Waals surface area (Å²) < 4.78 is 6.06. The number of alkyl halides is 1. The molecule has 0 radical (unpaired) electrons. The number of ether oxygens (including phenoxy) is 1. The normalized spacial score (nSPS) is 24.6. The van der Waals surface area contributed by atoms with Gasteiger partial charge in [0, 0.05) is 5.56 Å². The van der Waals surface area contributed by atoms with Gasteiger partial charge in [0.1, 0.15) is 5.75 Å². The summed E-state index contributed by atoms with van der Waals surface area (Å²) in [6.07, 6.45) is 5.09. The topological polar surface area (TPSA) is 9.23 Å². The zero-order valence-electron chi connectivity index (χ0n) is 10.1. The van der Waals surface area contributed by atoms with Crippen LogP contribution in [0.1, 0.15) is 38.2 Å². The minimum absolute atomic E-state index is 0.292. The molecule has 1 saturated carbocycles. The smallest absolute Gasteiger partial charge is 0.142 e. The third kappa shape index (κ3) is 3.29. The maximum absolute atomic E-state index is 6.18. The highest BCUT2D eigenvalue weighted by Crippen LogP contribution is 2.34. The van der Waals surface area contributed by atoms with E-state index >= 15 is 0 Å². The Morgan fingerprint density at radius 1 is 1.35 bits per heavy atom. The summed E-state index contributed by atoms with van der Waals surface area (Å²) in [4.78, 5) is 0. The molecule has 2 rings (SSSR count). The molecule has 1 aliphatic rings. The van der Waals surface area contributed by atoms with Gasteiger partial charge < -0.3 is 4.74 Å². The fourth-order valence-electron chi connectivity index (χ4n) is 2.44. The van der Waals surface area contributed by atoms with Gasteiger partial charge in [0.2, 0.25) is 0 Å². The van der Waals surface area contributed by atoms with Gasteiger partial charge in [0.05, 0.1) is 17.0 Å². The molecule has 3 heteroatoms. The largest absolute Gasteiger partial charge is 0.489 e. The molecule has 0 saturated heterocycles. The fourth-order valence-corrected chi connectivity index (χ4v) is 2.89. The summed E-state index contributed by atoms with van der Waals surface area (Å²) in [5.74, 6) is 1.97. The van der Waals surface area contributed by atoms with Gasteiger partial charge in [0.15, 0.2) is 0 Å². The molecule has 2 unspecified atom stereocenters. The first-order chi connectivity index (χ1) is 8.20. The van der Waals surface area contributed by atoms with Crippen molar-refractivity contribution in [3.63, 3.8) is 0 Å². The summed E-state index contributed by atoms with van der Waals surface area (Å²) in [7, 11) is 0. The molecule has 1 aromatic carbocycles. The predicted molar refractivity (Wildman–Crippen MR) is 73.1 cm³/mol.